The molecule has 4 amide bonds. The average Bonchev–Trinajstić information content (AvgIpc) is 3.38. The molecule has 24 heteroatoms. The molecule has 0 aliphatic carbocycles. The molecule has 0 bridgehead atoms. The standard InChI is InChI=1S/C53H113N19O5/c1-77-41-40-72(38-18-36-70(32-14-28-66-50(73)42(54)20-6-2-10-24-46(58)59)33-15-29-67-51(74)43(55)21-7-3-11-25-47(60)61)39-19-37-71(34-16-30-68-52(75)44(56)22-8-4-12-26-48(62)63)35-17-31-69-53(76)45(57)23-9-5-13-27-49(64)65/h42-46H,2-41,54-59H2,1H3,(H3,60,61)(H3,62,63)(H3,64,65)(H,66,73)(H,67,74)(H,68,75)(H,69,76)/t42-,43-,44-,45-/m0/s1. The van der Waals surface area contributed by atoms with Crippen molar-refractivity contribution in [2.75, 3.05) is 98.8 Å². The van der Waals surface area contributed by atoms with Crippen LogP contribution < -0.4 is 72.9 Å². The highest BCUT2D eigenvalue weighted by Crippen LogP contribution is 2.10. The lowest BCUT2D eigenvalue weighted by Crippen LogP contribution is -2.42. The van der Waals surface area contributed by atoms with Gasteiger partial charge in [-0.2, -0.15) is 0 Å². The third-order valence-electron chi connectivity index (χ3n) is 13.6. The van der Waals surface area contributed by atoms with Crippen molar-refractivity contribution in [2.45, 2.75) is 197 Å². The van der Waals surface area contributed by atoms with Gasteiger partial charge in [-0.3, -0.25) is 35.4 Å². The summed E-state index contributed by atoms with van der Waals surface area (Å²) in [5.74, 6) is -0.116. The lowest BCUT2D eigenvalue weighted by molar-refractivity contribution is -0.123. The number of amides is 4. The maximum Gasteiger partial charge on any atom is 0.236 e. The monoisotopic (exact) mass is 1100 g/mol. The smallest absolute Gasteiger partial charge is 0.236 e. The van der Waals surface area contributed by atoms with E-state index in [2.05, 4.69) is 36.0 Å². The summed E-state index contributed by atoms with van der Waals surface area (Å²) in [6.45, 7) is 9.77. The van der Waals surface area contributed by atoms with Crippen molar-refractivity contribution in [3.8, 4) is 0 Å². The van der Waals surface area contributed by atoms with E-state index in [4.69, 9.17) is 72.6 Å². The molecular formula is C53H113N19O5. The van der Waals surface area contributed by atoms with Crippen LogP contribution in [0.25, 0.3) is 0 Å². The number of amidine groups is 3. The molecule has 0 radical (unpaired) electrons. The first-order chi connectivity index (χ1) is 36.9. The minimum Gasteiger partial charge on any atom is -0.388 e. The van der Waals surface area contributed by atoms with Gasteiger partial charge in [-0.15, -0.1) is 0 Å². The SMILES string of the molecule is COCCN(CCCN(CCCNC(=O)[C@@H](N)CCCCCC(=N)N)CCCNC(=O)[C@@H](N)CCCCCC(=N)N)CCCN(CCCNC(=O)[C@@H](N)CCCCCC(=N)N)CCCNC(=O)[C@@H](N)CCCCCC(N)N. The second-order valence-electron chi connectivity index (χ2n) is 20.9. The Labute approximate surface area is 463 Å². The summed E-state index contributed by atoms with van der Waals surface area (Å²) in [5, 5.41) is 34.2. The van der Waals surface area contributed by atoms with Gasteiger partial charge >= 0.3 is 0 Å². The summed E-state index contributed by atoms with van der Waals surface area (Å²) in [6.07, 6.45) is 19.3. The molecule has 0 aromatic carbocycles. The van der Waals surface area contributed by atoms with Crippen LogP contribution in [0.1, 0.15) is 167 Å². The molecular weight excluding hydrogens is 983 g/mol. The number of carbonyl (C=O) groups excluding carboxylic acids is 4. The molecule has 450 valence electrons. The number of hydrogen-bond acceptors (Lipinski definition) is 17. The number of methoxy groups -OCH3 is 1. The molecule has 0 aromatic heterocycles. The predicted octanol–water partition coefficient (Wildman–Crippen LogP) is 0.507. The second-order valence-corrected chi connectivity index (χ2v) is 20.9. The maximum atomic E-state index is 12.8. The number of hydrogen-bond donors (Lipinski definition) is 16. The lowest BCUT2D eigenvalue weighted by atomic mass is 10.1. The maximum absolute atomic E-state index is 12.8. The molecule has 0 unspecified atom stereocenters. The van der Waals surface area contributed by atoms with Crippen molar-refractivity contribution in [3.05, 3.63) is 0 Å². The number of nitrogens with two attached hydrogens (primary N) is 9. The largest absolute Gasteiger partial charge is 0.388 e. The second kappa shape index (κ2) is 49.0. The average molecular weight is 1100 g/mol. The van der Waals surface area contributed by atoms with Gasteiger partial charge in [0.1, 0.15) is 0 Å². The number of rotatable bonds is 55. The van der Waals surface area contributed by atoms with Gasteiger partial charge in [0.25, 0.3) is 0 Å². The van der Waals surface area contributed by atoms with Gasteiger partial charge in [0.05, 0.1) is 54.4 Å². The van der Waals surface area contributed by atoms with Gasteiger partial charge < -0.3 is 92.3 Å². The molecule has 0 rings (SSSR count). The van der Waals surface area contributed by atoms with Gasteiger partial charge in [0, 0.05) is 59.1 Å². The van der Waals surface area contributed by atoms with E-state index >= 15 is 0 Å². The molecule has 77 heavy (non-hydrogen) atoms. The molecule has 0 spiro atoms. The van der Waals surface area contributed by atoms with E-state index < -0.39 is 24.2 Å². The zero-order valence-electron chi connectivity index (χ0n) is 47.8. The normalized spacial score (nSPS) is 13.2. The summed E-state index contributed by atoms with van der Waals surface area (Å²) in [6, 6.07) is -2.32. The summed E-state index contributed by atoms with van der Waals surface area (Å²) < 4.78 is 5.52. The van der Waals surface area contributed by atoms with Gasteiger partial charge in [-0.25, -0.2) is 0 Å². The quantitative estimate of drug-likeness (QED) is 0.0171. The van der Waals surface area contributed by atoms with Crippen molar-refractivity contribution in [1.82, 2.24) is 36.0 Å². The first kappa shape index (κ1) is 72.9. The minimum atomic E-state index is -0.585. The summed E-state index contributed by atoms with van der Waals surface area (Å²) in [7, 11) is 1.71. The predicted molar refractivity (Wildman–Crippen MR) is 313 cm³/mol. The molecule has 24 nitrogen and oxygen atoms in total. The Morgan fingerprint density at radius 2 is 0.610 bits per heavy atom. The molecule has 0 saturated carbocycles. The number of nitrogens with one attached hydrogen (secondary N) is 7. The van der Waals surface area contributed by atoms with E-state index in [0.29, 0.717) is 77.7 Å². The van der Waals surface area contributed by atoms with E-state index in [0.717, 1.165) is 181 Å². The van der Waals surface area contributed by atoms with Crippen LogP contribution in [0.15, 0.2) is 0 Å². The van der Waals surface area contributed by atoms with Crippen molar-refractivity contribution in [2.24, 2.45) is 51.6 Å². The van der Waals surface area contributed by atoms with Crippen LogP contribution in [-0.2, 0) is 23.9 Å². The highest BCUT2D eigenvalue weighted by Gasteiger charge is 2.18. The van der Waals surface area contributed by atoms with Gasteiger partial charge in [0.15, 0.2) is 0 Å². The van der Waals surface area contributed by atoms with Crippen molar-refractivity contribution >= 4 is 41.1 Å². The van der Waals surface area contributed by atoms with Crippen LogP contribution in [0.3, 0.4) is 0 Å². The Kier molecular flexibility index (Phi) is 46.4. The van der Waals surface area contributed by atoms with Crippen molar-refractivity contribution < 1.29 is 23.9 Å². The van der Waals surface area contributed by atoms with E-state index in [1.165, 1.54) is 0 Å². The number of ether oxygens (including phenoxy) is 1. The Balaban J connectivity index is 5.53. The molecule has 4 atom stereocenters. The molecule has 0 fully saturated rings. The third-order valence-corrected chi connectivity index (χ3v) is 13.6. The fourth-order valence-electron chi connectivity index (χ4n) is 8.86. The number of unbranched alkanes of at least 4 members (excludes halogenated alkanes) is 8. The number of carbonyl (C=O) groups is 4. The molecule has 25 N–H and O–H groups in total. The van der Waals surface area contributed by atoms with Crippen LogP contribution in [0.4, 0.5) is 0 Å². The summed E-state index contributed by atoms with van der Waals surface area (Å²) in [4.78, 5) is 58.3. The zero-order chi connectivity index (χ0) is 57.5. The van der Waals surface area contributed by atoms with E-state index in [-0.39, 0.29) is 47.3 Å². The van der Waals surface area contributed by atoms with Crippen molar-refractivity contribution in [3.63, 3.8) is 0 Å². The molecule has 0 saturated heterocycles. The summed E-state index contributed by atoms with van der Waals surface area (Å²) in [5.41, 5.74) is 52.4. The van der Waals surface area contributed by atoms with E-state index in [9.17, 15) is 19.2 Å². The Bertz CT molecular complexity index is 1520. The number of nitrogens with zero attached hydrogens (tertiary/aromatic N) is 3. The van der Waals surface area contributed by atoms with Crippen molar-refractivity contribution in [1.29, 1.82) is 16.2 Å². The Hall–Kier alpha value is -4.11. The molecule has 0 aromatic rings. The first-order valence-electron chi connectivity index (χ1n) is 29.1. The fraction of sp³-hybridized carbons (Fsp3) is 0.868. The Morgan fingerprint density at radius 1 is 0.364 bits per heavy atom. The van der Waals surface area contributed by atoms with Gasteiger partial charge in [-0.1, -0.05) is 57.8 Å². The first-order valence-corrected chi connectivity index (χ1v) is 29.1. The van der Waals surface area contributed by atoms with E-state index in [1.54, 1.807) is 7.11 Å². The Morgan fingerprint density at radius 3 is 0.870 bits per heavy atom. The van der Waals surface area contributed by atoms with Gasteiger partial charge in [-0.05, 0) is 142 Å². The third kappa shape index (κ3) is 45.5. The van der Waals surface area contributed by atoms with E-state index in [1.807, 2.05) is 0 Å². The molecule has 0 aliphatic rings. The fourth-order valence-corrected chi connectivity index (χ4v) is 8.86. The van der Waals surface area contributed by atoms with Crippen LogP contribution in [-0.4, -0.2) is 185 Å². The highest BCUT2D eigenvalue weighted by molar-refractivity contribution is 5.82. The van der Waals surface area contributed by atoms with Crippen LogP contribution in [0, 0.1) is 16.2 Å². The van der Waals surface area contributed by atoms with Crippen LogP contribution >= 0.6 is 0 Å². The molecule has 0 heterocycles. The van der Waals surface area contributed by atoms with Gasteiger partial charge in [0.2, 0.25) is 23.6 Å². The molecule has 0 aliphatic heterocycles. The van der Waals surface area contributed by atoms with Crippen LogP contribution in [0.2, 0.25) is 0 Å². The highest BCUT2D eigenvalue weighted by atomic mass is 16.5. The zero-order valence-corrected chi connectivity index (χ0v) is 47.8. The lowest BCUT2D eigenvalue weighted by Gasteiger charge is -2.28. The summed E-state index contributed by atoms with van der Waals surface area (Å²) >= 11 is 0. The van der Waals surface area contributed by atoms with Crippen LogP contribution in [0.5, 0.6) is 0 Å². The minimum absolute atomic E-state index is 0.147. The topological polar surface area (TPSA) is 441 Å².